The van der Waals surface area contributed by atoms with Gasteiger partial charge < -0.3 is 11.1 Å². The molecular formula is C21H28N3O3S. The van der Waals surface area contributed by atoms with Crippen LogP contribution >= 0.6 is 0 Å². The average Bonchev–Trinajstić information content (AvgIpc) is 2.68. The number of carbonyl (C=O) groups excluding carboxylic acids is 1. The zero-order valence-electron chi connectivity index (χ0n) is 15.9. The Bertz CT molecular complexity index is 811. The molecule has 1 unspecified atom stereocenters. The minimum atomic E-state index is -3.61. The second-order valence-corrected chi connectivity index (χ2v) is 8.50. The molecule has 4 N–H and O–H groups in total. The van der Waals surface area contributed by atoms with Crippen molar-refractivity contribution >= 4 is 15.9 Å². The van der Waals surface area contributed by atoms with Crippen LogP contribution in [0.25, 0.3) is 0 Å². The fourth-order valence-corrected chi connectivity index (χ4v) is 3.90. The number of unbranched alkanes of at least 4 members (excludes halogenated alkanes) is 1. The van der Waals surface area contributed by atoms with Gasteiger partial charge in [0.25, 0.3) is 0 Å². The quantitative estimate of drug-likeness (QED) is 0.467. The molecule has 7 heteroatoms. The second kappa shape index (κ2) is 11.6. The lowest BCUT2D eigenvalue weighted by molar-refractivity contribution is -0.122. The summed E-state index contributed by atoms with van der Waals surface area (Å²) < 4.78 is 26.7. The number of aryl methyl sites for hydroxylation is 1. The molecule has 0 heterocycles. The zero-order valence-corrected chi connectivity index (χ0v) is 16.8. The van der Waals surface area contributed by atoms with Crippen molar-refractivity contribution in [3.8, 4) is 0 Å². The first-order valence-electron chi connectivity index (χ1n) is 9.47. The van der Waals surface area contributed by atoms with Crippen LogP contribution in [0, 0.1) is 6.07 Å². The molecule has 0 spiro atoms. The van der Waals surface area contributed by atoms with E-state index in [1.165, 1.54) is 5.56 Å². The Morgan fingerprint density at radius 2 is 1.75 bits per heavy atom. The predicted octanol–water partition coefficient (Wildman–Crippen LogP) is 1.42. The molecule has 0 aromatic heterocycles. The van der Waals surface area contributed by atoms with Crippen LogP contribution < -0.4 is 15.8 Å². The molecule has 151 valence electrons. The van der Waals surface area contributed by atoms with Gasteiger partial charge in [0, 0.05) is 13.1 Å². The van der Waals surface area contributed by atoms with Crippen molar-refractivity contribution in [1.29, 1.82) is 0 Å². The monoisotopic (exact) mass is 402 g/mol. The van der Waals surface area contributed by atoms with Crippen LogP contribution in [0.5, 0.6) is 0 Å². The fraction of sp³-hybridized carbons (Fsp3) is 0.381. The first kappa shape index (κ1) is 22.1. The molecule has 0 saturated carbocycles. The summed E-state index contributed by atoms with van der Waals surface area (Å²) in [5, 5.41) is 2.85. The minimum absolute atomic E-state index is 0.00343. The molecule has 0 aliphatic rings. The van der Waals surface area contributed by atoms with E-state index in [2.05, 4.69) is 28.2 Å². The Hall–Kier alpha value is -2.22. The fourth-order valence-electron chi connectivity index (χ4n) is 2.85. The van der Waals surface area contributed by atoms with Crippen molar-refractivity contribution in [3.05, 3.63) is 71.8 Å². The van der Waals surface area contributed by atoms with Crippen molar-refractivity contribution in [2.45, 2.75) is 31.7 Å². The van der Waals surface area contributed by atoms with Crippen LogP contribution in [0.15, 0.2) is 54.6 Å². The molecule has 1 atom stereocenters. The summed E-state index contributed by atoms with van der Waals surface area (Å²) in [5.74, 6) is -0.538. The van der Waals surface area contributed by atoms with E-state index in [4.69, 9.17) is 5.73 Å². The van der Waals surface area contributed by atoms with Crippen LogP contribution in [-0.2, 0) is 27.7 Å². The molecule has 0 bridgehead atoms. The van der Waals surface area contributed by atoms with Gasteiger partial charge in [0.2, 0.25) is 15.9 Å². The van der Waals surface area contributed by atoms with Gasteiger partial charge in [-0.2, -0.15) is 0 Å². The van der Waals surface area contributed by atoms with Crippen LogP contribution in [0.4, 0.5) is 0 Å². The van der Waals surface area contributed by atoms with Crippen molar-refractivity contribution in [3.63, 3.8) is 0 Å². The summed E-state index contributed by atoms with van der Waals surface area (Å²) in [6.07, 6.45) is 2.99. The average molecular weight is 403 g/mol. The molecule has 2 aromatic carbocycles. The van der Waals surface area contributed by atoms with Gasteiger partial charge in [0.15, 0.2) is 0 Å². The molecule has 0 saturated heterocycles. The third-order valence-electron chi connectivity index (χ3n) is 4.29. The molecule has 0 aliphatic carbocycles. The predicted molar refractivity (Wildman–Crippen MR) is 111 cm³/mol. The van der Waals surface area contributed by atoms with E-state index in [-0.39, 0.29) is 24.6 Å². The zero-order chi connectivity index (χ0) is 20.2. The van der Waals surface area contributed by atoms with Crippen molar-refractivity contribution < 1.29 is 13.2 Å². The highest BCUT2D eigenvalue weighted by atomic mass is 32.2. The molecular weight excluding hydrogens is 374 g/mol. The van der Waals surface area contributed by atoms with Crippen molar-refractivity contribution in [2.24, 2.45) is 5.73 Å². The number of amides is 1. The maximum atomic E-state index is 12.6. The highest BCUT2D eigenvalue weighted by Crippen LogP contribution is 2.06. The summed E-state index contributed by atoms with van der Waals surface area (Å²) in [4.78, 5) is 12.6. The molecule has 0 fully saturated rings. The van der Waals surface area contributed by atoms with Gasteiger partial charge in [-0.05, 0) is 42.9 Å². The molecule has 6 nitrogen and oxygen atoms in total. The van der Waals surface area contributed by atoms with Crippen LogP contribution in [0.1, 0.15) is 24.0 Å². The van der Waals surface area contributed by atoms with Gasteiger partial charge in [0.05, 0.1) is 5.75 Å². The van der Waals surface area contributed by atoms with Crippen molar-refractivity contribution in [1.82, 2.24) is 10.0 Å². The smallest absolute Gasteiger partial charge is 0.238 e. The summed E-state index contributed by atoms with van der Waals surface area (Å²) in [7, 11) is -3.61. The Balaban J connectivity index is 1.86. The number of carbonyl (C=O) groups is 1. The Kier molecular flexibility index (Phi) is 9.13. The Labute approximate surface area is 167 Å². The molecule has 2 aromatic rings. The number of nitrogens with two attached hydrogens (primary N) is 1. The number of benzene rings is 2. The van der Waals surface area contributed by atoms with E-state index in [1.54, 1.807) is 12.1 Å². The Morgan fingerprint density at radius 3 is 2.43 bits per heavy atom. The third kappa shape index (κ3) is 8.21. The first-order valence-corrected chi connectivity index (χ1v) is 11.1. The first-order chi connectivity index (χ1) is 13.5. The van der Waals surface area contributed by atoms with Crippen molar-refractivity contribution in [2.75, 3.05) is 18.8 Å². The second-order valence-electron chi connectivity index (χ2n) is 6.62. The molecule has 0 aliphatic heterocycles. The van der Waals surface area contributed by atoms with E-state index >= 15 is 0 Å². The number of sulfonamides is 1. The number of hydrogen-bond donors (Lipinski definition) is 3. The van der Waals surface area contributed by atoms with Crippen LogP contribution in [0.3, 0.4) is 0 Å². The molecule has 1 radical (unpaired) electrons. The van der Waals surface area contributed by atoms with Gasteiger partial charge >= 0.3 is 0 Å². The van der Waals surface area contributed by atoms with Gasteiger partial charge in [-0.1, -0.05) is 54.6 Å². The van der Waals surface area contributed by atoms with Gasteiger partial charge in [-0.3, -0.25) is 4.79 Å². The topological polar surface area (TPSA) is 101 Å². The van der Waals surface area contributed by atoms with Gasteiger partial charge in [-0.25, -0.2) is 13.1 Å². The van der Waals surface area contributed by atoms with Crippen LogP contribution in [-0.4, -0.2) is 39.2 Å². The lowest BCUT2D eigenvalue weighted by Gasteiger charge is -2.18. The van der Waals surface area contributed by atoms with Gasteiger partial charge in [0.1, 0.15) is 6.04 Å². The van der Waals surface area contributed by atoms with E-state index in [0.717, 1.165) is 24.8 Å². The van der Waals surface area contributed by atoms with E-state index in [9.17, 15) is 13.2 Å². The standard InChI is InChI=1S/C21H28N3O3S/c22-14-16-28(26,27)24-20(17-19-12-5-2-6-13-19)21(25)23-15-8-7-11-18-9-3-1-4-10-18/h1,3-6,9-10,12-13,20,24H,7-8,11,14-17,22H2,(H,23,25). The molecule has 1 amide bonds. The SMILES string of the molecule is NCCS(=O)(=O)NC(Cc1cc[c]cc1)C(=O)NCCCCc1ccccc1. The normalized spacial score (nSPS) is 12.5. The highest BCUT2D eigenvalue weighted by molar-refractivity contribution is 7.89. The van der Waals surface area contributed by atoms with E-state index in [0.29, 0.717) is 6.54 Å². The summed E-state index contributed by atoms with van der Waals surface area (Å²) in [5.41, 5.74) is 7.48. The Morgan fingerprint density at radius 1 is 1.04 bits per heavy atom. The maximum absolute atomic E-state index is 12.6. The summed E-state index contributed by atoms with van der Waals surface area (Å²) in [6.45, 7) is 0.507. The minimum Gasteiger partial charge on any atom is -0.355 e. The molecule has 28 heavy (non-hydrogen) atoms. The largest absolute Gasteiger partial charge is 0.355 e. The number of rotatable bonds is 12. The summed E-state index contributed by atoms with van der Waals surface area (Å²) >= 11 is 0. The summed E-state index contributed by atoms with van der Waals surface area (Å²) in [6, 6.07) is 19.3. The maximum Gasteiger partial charge on any atom is 0.238 e. The van der Waals surface area contributed by atoms with E-state index < -0.39 is 16.1 Å². The van der Waals surface area contributed by atoms with Gasteiger partial charge in [-0.15, -0.1) is 0 Å². The lowest BCUT2D eigenvalue weighted by Crippen LogP contribution is -2.49. The molecule has 2 rings (SSSR count). The van der Waals surface area contributed by atoms with E-state index in [1.807, 2.05) is 30.3 Å². The lowest BCUT2D eigenvalue weighted by atomic mass is 10.1. The number of nitrogens with one attached hydrogen (secondary N) is 2. The van der Waals surface area contributed by atoms with Crippen LogP contribution in [0.2, 0.25) is 0 Å². The number of hydrogen-bond acceptors (Lipinski definition) is 4. The highest BCUT2D eigenvalue weighted by Gasteiger charge is 2.24. The third-order valence-corrected chi connectivity index (χ3v) is 5.70.